The van der Waals surface area contributed by atoms with Crippen molar-refractivity contribution in [2.75, 3.05) is 0 Å². The summed E-state index contributed by atoms with van der Waals surface area (Å²) in [6.45, 7) is 1.92. The van der Waals surface area contributed by atoms with Crippen LogP contribution in [0.4, 0.5) is 0 Å². The number of benzene rings is 1. The van der Waals surface area contributed by atoms with Gasteiger partial charge in [0.2, 0.25) is 0 Å². The minimum Gasteiger partial charge on any atom is -0.479 e. The number of aryl methyl sites for hydroxylation is 1. The first kappa shape index (κ1) is 11.3. The lowest BCUT2D eigenvalue weighted by Crippen LogP contribution is -2.21. The topological polar surface area (TPSA) is 68.0 Å². The number of hydrogen-bond donors (Lipinski definition) is 1. The Morgan fingerprint density at radius 2 is 2.12 bits per heavy atom. The lowest BCUT2D eigenvalue weighted by molar-refractivity contribution is -0.139. The van der Waals surface area contributed by atoms with E-state index in [2.05, 4.69) is 10.2 Å². The van der Waals surface area contributed by atoms with Gasteiger partial charge < -0.3 is 5.11 Å². The summed E-state index contributed by atoms with van der Waals surface area (Å²) in [5, 5.41) is 17.0. The van der Waals surface area contributed by atoms with Crippen LogP contribution in [-0.2, 0) is 11.2 Å². The van der Waals surface area contributed by atoms with Gasteiger partial charge >= 0.3 is 5.97 Å². The predicted octanol–water partition coefficient (Wildman–Crippen LogP) is 1.51. The average Bonchev–Trinajstić information content (AvgIpc) is 2.78. The van der Waals surface area contributed by atoms with Crippen molar-refractivity contribution < 1.29 is 9.90 Å². The Morgan fingerprint density at radius 1 is 1.41 bits per heavy atom. The molecule has 0 aliphatic carbocycles. The number of carbonyl (C=O) groups is 1. The SMILES string of the molecule is CCc1nncn1C(C(=O)O)c1ccccc1. The number of hydrogen-bond acceptors (Lipinski definition) is 3. The molecule has 0 bridgehead atoms. The molecule has 17 heavy (non-hydrogen) atoms. The standard InChI is InChI=1S/C12H13N3O2/c1-2-10-14-13-8-15(10)11(12(16)17)9-6-4-3-5-7-9/h3-8,11H,2H2,1H3,(H,16,17). The molecule has 1 aromatic carbocycles. The normalized spacial score (nSPS) is 12.3. The maximum Gasteiger partial charge on any atom is 0.331 e. The van der Waals surface area contributed by atoms with Gasteiger partial charge in [-0.1, -0.05) is 37.3 Å². The van der Waals surface area contributed by atoms with E-state index in [4.69, 9.17) is 0 Å². The van der Waals surface area contributed by atoms with Crippen LogP contribution in [0.25, 0.3) is 0 Å². The van der Waals surface area contributed by atoms with Crippen molar-refractivity contribution in [1.82, 2.24) is 14.8 Å². The van der Waals surface area contributed by atoms with E-state index in [-0.39, 0.29) is 0 Å². The monoisotopic (exact) mass is 231 g/mol. The number of rotatable bonds is 4. The van der Waals surface area contributed by atoms with Gasteiger partial charge in [-0.3, -0.25) is 4.57 Å². The smallest absolute Gasteiger partial charge is 0.331 e. The van der Waals surface area contributed by atoms with Crippen molar-refractivity contribution >= 4 is 5.97 Å². The molecule has 2 rings (SSSR count). The second-order valence-electron chi connectivity index (χ2n) is 3.66. The quantitative estimate of drug-likeness (QED) is 0.866. The van der Waals surface area contributed by atoms with Gasteiger partial charge in [-0.2, -0.15) is 0 Å². The van der Waals surface area contributed by atoms with Crippen LogP contribution < -0.4 is 0 Å². The largest absolute Gasteiger partial charge is 0.479 e. The fourth-order valence-corrected chi connectivity index (χ4v) is 1.79. The highest BCUT2D eigenvalue weighted by atomic mass is 16.4. The molecule has 0 radical (unpaired) electrons. The number of aliphatic carboxylic acids is 1. The van der Waals surface area contributed by atoms with Crippen LogP contribution in [0, 0.1) is 0 Å². The first-order valence-electron chi connectivity index (χ1n) is 5.40. The number of carboxylic acid groups (broad SMARTS) is 1. The summed E-state index contributed by atoms with van der Waals surface area (Å²) >= 11 is 0. The van der Waals surface area contributed by atoms with Gasteiger partial charge in [0.25, 0.3) is 0 Å². The van der Waals surface area contributed by atoms with Gasteiger partial charge in [-0.05, 0) is 5.56 Å². The molecule has 0 aliphatic heterocycles. The molecule has 1 unspecified atom stereocenters. The molecule has 2 aromatic rings. The van der Waals surface area contributed by atoms with Crippen molar-refractivity contribution in [3.8, 4) is 0 Å². The van der Waals surface area contributed by atoms with Gasteiger partial charge in [-0.15, -0.1) is 10.2 Å². The third-order valence-electron chi connectivity index (χ3n) is 2.59. The highest BCUT2D eigenvalue weighted by Crippen LogP contribution is 2.19. The Morgan fingerprint density at radius 3 is 2.71 bits per heavy atom. The van der Waals surface area contributed by atoms with Crippen LogP contribution in [0.15, 0.2) is 36.7 Å². The molecular formula is C12H13N3O2. The number of carboxylic acids is 1. The van der Waals surface area contributed by atoms with Crippen LogP contribution >= 0.6 is 0 Å². The van der Waals surface area contributed by atoms with E-state index < -0.39 is 12.0 Å². The highest BCUT2D eigenvalue weighted by Gasteiger charge is 2.23. The third kappa shape index (κ3) is 2.18. The molecule has 1 aromatic heterocycles. The van der Waals surface area contributed by atoms with Crippen LogP contribution in [0.3, 0.4) is 0 Å². The Bertz CT molecular complexity index is 507. The maximum absolute atomic E-state index is 11.4. The zero-order chi connectivity index (χ0) is 12.3. The fraction of sp³-hybridized carbons (Fsp3) is 0.250. The molecule has 88 valence electrons. The zero-order valence-electron chi connectivity index (χ0n) is 9.45. The van der Waals surface area contributed by atoms with Crippen LogP contribution in [0.5, 0.6) is 0 Å². The first-order valence-corrected chi connectivity index (χ1v) is 5.40. The van der Waals surface area contributed by atoms with E-state index >= 15 is 0 Å². The Balaban J connectivity index is 2.47. The van der Waals surface area contributed by atoms with Crippen molar-refractivity contribution in [2.24, 2.45) is 0 Å². The fourth-order valence-electron chi connectivity index (χ4n) is 1.79. The molecule has 1 atom stereocenters. The van der Waals surface area contributed by atoms with Crippen molar-refractivity contribution in [3.05, 3.63) is 48.0 Å². The van der Waals surface area contributed by atoms with E-state index in [1.165, 1.54) is 6.33 Å². The molecule has 0 fully saturated rings. The van der Waals surface area contributed by atoms with Crippen molar-refractivity contribution in [1.29, 1.82) is 0 Å². The van der Waals surface area contributed by atoms with E-state index in [9.17, 15) is 9.90 Å². The molecule has 5 heteroatoms. The van der Waals surface area contributed by atoms with Gasteiger partial charge in [0, 0.05) is 6.42 Å². The van der Waals surface area contributed by atoms with E-state index in [0.29, 0.717) is 12.2 Å². The van der Waals surface area contributed by atoms with Crippen LogP contribution in [0.1, 0.15) is 24.4 Å². The summed E-state index contributed by atoms with van der Waals surface area (Å²) in [6, 6.07) is 8.31. The summed E-state index contributed by atoms with van der Waals surface area (Å²) in [5.41, 5.74) is 0.717. The molecular weight excluding hydrogens is 218 g/mol. The summed E-state index contributed by atoms with van der Waals surface area (Å²) in [7, 11) is 0. The molecule has 0 spiro atoms. The molecule has 0 amide bonds. The summed E-state index contributed by atoms with van der Waals surface area (Å²) in [5.74, 6) is -0.244. The maximum atomic E-state index is 11.4. The summed E-state index contributed by atoms with van der Waals surface area (Å²) in [6.07, 6.45) is 2.11. The van der Waals surface area contributed by atoms with Crippen LogP contribution in [0.2, 0.25) is 0 Å². The van der Waals surface area contributed by atoms with E-state index in [0.717, 1.165) is 5.56 Å². The van der Waals surface area contributed by atoms with Crippen LogP contribution in [-0.4, -0.2) is 25.8 Å². The molecule has 0 saturated heterocycles. The van der Waals surface area contributed by atoms with Crippen molar-refractivity contribution in [2.45, 2.75) is 19.4 Å². The lowest BCUT2D eigenvalue weighted by atomic mass is 10.1. The zero-order valence-corrected chi connectivity index (χ0v) is 9.45. The lowest BCUT2D eigenvalue weighted by Gasteiger charge is -2.15. The molecule has 0 aliphatic rings. The summed E-state index contributed by atoms with van der Waals surface area (Å²) < 4.78 is 1.59. The number of nitrogens with zero attached hydrogens (tertiary/aromatic N) is 3. The third-order valence-corrected chi connectivity index (χ3v) is 2.59. The summed E-state index contributed by atoms with van der Waals surface area (Å²) in [4.78, 5) is 11.4. The Kier molecular flexibility index (Phi) is 3.18. The minimum atomic E-state index is -0.911. The van der Waals surface area contributed by atoms with Gasteiger partial charge in [0.1, 0.15) is 12.2 Å². The molecule has 5 nitrogen and oxygen atoms in total. The molecule has 1 N–H and O–H groups in total. The highest BCUT2D eigenvalue weighted by molar-refractivity contribution is 5.76. The predicted molar refractivity (Wildman–Crippen MR) is 61.6 cm³/mol. The van der Waals surface area contributed by atoms with E-state index in [1.807, 2.05) is 25.1 Å². The second kappa shape index (κ2) is 4.78. The second-order valence-corrected chi connectivity index (χ2v) is 3.66. The Labute approximate surface area is 98.7 Å². The minimum absolute atomic E-state index is 0.649. The number of aromatic nitrogens is 3. The Hall–Kier alpha value is -2.17. The molecule has 0 saturated carbocycles. The van der Waals surface area contributed by atoms with Crippen molar-refractivity contribution in [3.63, 3.8) is 0 Å². The first-order chi connectivity index (χ1) is 8.24. The van der Waals surface area contributed by atoms with Gasteiger partial charge in [0.05, 0.1) is 0 Å². The van der Waals surface area contributed by atoms with Gasteiger partial charge in [0.15, 0.2) is 6.04 Å². The molecule has 1 heterocycles. The van der Waals surface area contributed by atoms with E-state index in [1.54, 1.807) is 16.7 Å². The van der Waals surface area contributed by atoms with Gasteiger partial charge in [-0.25, -0.2) is 4.79 Å². The average molecular weight is 231 g/mol.